The Morgan fingerprint density at radius 3 is 2.45 bits per heavy atom. The molecule has 3 aromatic rings. The lowest BCUT2D eigenvalue weighted by Crippen LogP contribution is -2.27. The average Bonchev–Trinajstić information content (AvgIpc) is 3.09. The van der Waals surface area contributed by atoms with Crippen LogP contribution in [-0.4, -0.2) is 26.4 Å². The molecule has 0 spiro atoms. The standard InChI is InChI=1S/C19H16F4N4OS/c1-2-29-18-26-25-16(27(18)13-9-7-12(20)8-10-13)11-24-17(28)14-5-3-4-6-15(14)19(21,22)23/h3-10H,2,11H2,1H3,(H,24,28). The first kappa shape index (κ1) is 20.8. The fraction of sp³-hybridized carbons (Fsp3) is 0.211. The third-order valence-electron chi connectivity index (χ3n) is 3.94. The highest BCUT2D eigenvalue weighted by atomic mass is 32.2. The number of hydrogen-bond acceptors (Lipinski definition) is 4. The lowest BCUT2D eigenvalue weighted by molar-refractivity contribution is -0.137. The van der Waals surface area contributed by atoms with Crippen LogP contribution in [0.2, 0.25) is 0 Å². The van der Waals surface area contributed by atoms with Crippen molar-refractivity contribution in [2.45, 2.75) is 24.8 Å². The number of thioether (sulfide) groups is 1. The van der Waals surface area contributed by atoms with Gasteiger partial charge < -0.3 is 5.32 Å². The Balaban J connectivity index is 1.87. The number of carbonyl (C=O) groups excluding carboxylic acids is 1. The maximum atomic E-state index is 13.3. The van der Waals surface area contributed by atoms with E-state index in [1.165, 1.54) is 48.2 Å². The Labute approximate surface area is 168 Å². The van der Waals surface area contributed by atoms with Crippen LogP contribution in [0.25, 0.3) is 5.69 Å². The van der Waals surface area contributed by atoms with Gasteiger partial charge in [-0.05, 0) is 42.2 Å². The molecule has 0 aliphatic rings. The van der Waals surface area contributed by atoms with E-state index in [2.05, 4.69) is 15.5 Å². The number of alkyl halides is 3. The second-order valence-electron chi connectivity index (χ2n) is 5.87. The Hall–Kier alpha value is -2.88. The predicted molar refractivity (Wildman–Crippen MR) is 100 cm³/mol. The summed E-state index contributed by atoms with van der Waals surface area (Å²) in [5, 5.41) is 11.1. The lowest BCUT2D eigenvalue weighted by Gasteiger charge is -2.13. The molecule has 1 aromatic heterocycles. The summed E-state index contributed by atoms with van der Waals surface area (Å²) >= 11 is 1.39. The first-order chi connectivity index (χ1) is 13.8. The summed E-state index contributed by atoms with van der Waals surface area (Å²) in [6.07, 6.45) is -4.65. The van der Waals surface area contributed by atoms with E-state index >= 15 is 0 Å². The molecular formula is C19H16F4N4OS. The Morgan fingerprint density at radius 1 is 1.10 bits per heavy atom. The van der Waals surface area contributed by atoms with Crippen LogP contribution < -0.4 is 5.32 Å². The quantitative estimate of drug-likeness (QED) is 0.469. The molecular weight excluding hydrogens is 408 g/mol. The number of benzene rings is 2. The van der Waals surface area contributed by atoms with Crippen LogP contribution in [0, 0.1) is 5.82 Å². The molecule has 0 bridgehead atoms. The van der Waals surface area contributed by atoms with Gasteiger partial charge in [-0.25, -0.2) is 4.39 Å². The number of amides is 1. The van der Waals surface area contributed by atoms with Gasteiger partial charge in [0.2, 0.25) is 0 Å². The van der Waals surface area contributed by atoms with Crippen LogP contribution in [0.3, 0.4) is 0 Å². The number of carbonyl (C=O) groups is 1. The van der Waals surface area contributed by atoms with Gasteiger partial charge in [-0.15, -0.1) is 10.2 Å². The van der Waals surface area contributed by atoms with Crippen molar-refractivity contribution >= 4 is 17.7 Å². The van der Waals surface area contributed by atoms with Gasteiger partial charge in [-0.1, -0.05) is 30.8 Å². The number of nitrogens with zero attached hydrogens (tertiary/aromatic N) is 3. The van der Waals surface area contributed by atoms with Gasteiger partial charge in [0.15, 0.2) is 11.0 Å². The van der Waals surface area contributed by atoms with Crippen molar-refractivity contribution in [3.8, 4) is 5.69 Å². The highest BCUT2D eigenvalue weighted by Crippen LogP contribution is 2.31. The second-order valence-corrected chi connectivity index (χ2v) is 7.10. The minimum atomic E-state index is -4.65. The summed E-state index contributed by atoms with van der Waals surface area (Å²) in [6, 6.07) is 10.2. The molecule has 1 amide bonds. The number of halogens is 4. The molecule has 29 heavy (non-hydrogen) atoms. The number of hydrogen-bond donors (Lipinski definition) is 1. The van der Waals surface area contributed by atoms with Crippen molar-refractivity contribution in [3.63, 3.8) is 0 Å². The van der Waals surface area contributed by atoms with E-state index in [4.69, 9.17) is 0 Å². The number of rotatable bonds is 6. The highest BCUT2D eigenvalue weighted by Gasteiger charge is 2.34. The average molecular weight is 424 g/mol. The van der Waals surface area contributed by atoms with Crippen LogP contribution in [0.5, 0.6) is 0 Å². The minimum absolute atomic E-state index is 0.153. The SMILES string of the molecule is CCSc1nnc(CNC(=O)c2ccccc2C(F)(F)F)n1-c1ccc(F)cc1. The van der Waals surface area contributed by atoms with Gasteiger partial charge in [0, 0.05) is 5.69 Å². The fourth-order valence-electron chi connectivity index (χ4n) is 2.67. The monoisotopic (exact) mass is 424 g/mol. The molecule has 1 N–H and O–H groups in total. The molecule has 0 unspecified atom stereocenters. The smallest absolute Gasteiger partial charge is 0.345 e. The number of nitrogens with one attached hydrogen (secondary N) is 1. The fourth-order valence-corrected chi connectivity index (χ4v) is 3.37. The molecule has 0 aliphatic heterocycles. The normalized spacial score (nSPS) is 11.5. The van der Waals surface area contributed by atoms with Crippen molar-refractivity contribution in [1.82, 2.24) is 20.1 Å². The molecule has 0 saturated carbocycles. The van der Waals surface area contributed by atoms with Gasteiger partial charge in [-0.3, -0.25) is 9.36 Å². The van der Waals surface area contributed by atoms with Gasteiger partial charge in [0.25, 0.3) is 5.91 Å². The molecule has 2 aromatic carbocycles. The second kappa shape index (κ2) is 8.64. The van der Waals surface area contributed by atoms with Gasteiger partial charge in [-0.2, -0.15) is 13.2 Å². The molecule has 0 aliphatic carbocycles. The third-order valence-corrected chi connectivity index (χ3v) is 4.75. The molecule has 0 radical (unpaired) electrons. The van der Waals surface area contributed by atoms with E-state index in [0.717, 1.165) is 12.1 Å². The summed E-state index contributed by atoms with van der Waals surface area (Å²) in [5.74, 6) is -0.281. The maximum absolute atomic E-state index is 13.3. The first-order valence-corrected chi connectivity index (χ1v) is 9.57. The van der Waals surface area contributed by atoms with E-state index < -0.39 is 29.0 Å². The zero-order valence-corrected chi connectivity index (χ0v) is 16.0. The lowest BCUT2D eigenvalue weighted by atomic mass is 10.1. The third kappa shape index (κ3) is 4.76. The van der Waals surface area contributed by atoms with E-state index in [-0.39, 0.29) is 6.54 Å². The van der Waals surface area contributed by atoms with Gasteiger partial charge in [0.1, 0.15) is 5.82 Å². The zero-order chi connectivity index (χ0) is 21.0. The van der Waals surface area contributed by atoms with E-state index in [1.807, 2.05) is 6.92 Å². The summed E-state index contributed by atoms with van der Waals surface area (Å²) in [5.41, 5.74) is -0.914. The Bertz CT molecular complexity index is 1000. The van der Waals surface area contributed by atoms with Gasteiger partial charge in [0.05, 0.1) is 17.7 Å². The van der Waals surface area contributed by atoms with Crippen LogP contribution in [0.1, 0.15) is 28.7 Å². The topological polar surface area (TPSA) is 59.8 Å². The van der Waals surface area contributed by atoms with Crippen molar-refractivity contribution in [1.29, 1.82) is 0 Å². The summed E-state index contributed by atoms with van der Waals surface area (Å²) < 4.78 is 54.3. The predicted octanol–water partition coefficient (Wildman–Crippen LogP) is 4.47. The molecule has 10 heteroatoms. The van der Waals surface area contributed by atoms with E-state index in [1.54, 1.807) is 4.57 Å². The zero-order valence-electron chi connectivity index (χ0n) is 15.2. The van der Waals surface area contributed by atoms with E-state index in [9.17, 15) is 22.4 Å². The molecule has 3 rings (SSSR count). The van der Waals surface area contributed by atoms with Crippen molar-refractivity contribution in [2.24, 2.45) is 0 Å². The summed E-state index contributed by atoms with van der Waals surface area (Å²) in [6.45, 7) is 1.77. The Morgan fingerprint density at radius 2 is 1.79 bits per heavy atom. The molecule has 0 saturated heterocycles. The van der Waals surface area contributed by atoms with Crippen LogP contribution in [0.15, 0.2) is 53.7 Å². The largest absolute Gasteiger partial charge is 0.417 e. The molecule has 0 atom stereocenters. The molecule has 5 nitrogen and oxygen atoms in total. The summed E-state index contributed by atoms with van der Waals surface area (Å²) in [4.78, 5) is 12.4. The first-order valence-electron chi connectivity index (χ1n) is 8.58. The maximum Gasteiger partial charge on any atom is 0.417 e. The van der Waals surface area contributed by atoms with Crippen molar-refractivity contribution < 1.29 is 22.4 Å². The molecule has 1 heterocycles. The van der Waals surface area contributed by atoms with Crippen LogP contribution in [0.4, 0.5) is 17.6 Å². The van der Waals surface area contributed by atoms with Crippen molar-refractivity contribution in [2.75, 3.05) is 5.75 Å². The van der Waals surface area contributed by atoms with Crippen LogP contribution in [-0.2, 0) is 12.7 Å². The van der Waals surface area contributed by atoms with Gasteiger partial charge >= 0.3 is 6.18 Å². The van der Waals surface area contributed by atoms with E-state index in [0.29, 0.717) is 22.4 Å². The molecule has 152 valence electrons. The molecule has 0 fully saturated rings. The highest BCUT2D eigenvalue weighted by molar-refractivity contribution is 7.99. The minimum Gasteiger partial charge on any atom is -0.345 e. The summed E-state index contributed by atoms with van der Waals surface area (Å²) in [7, 11) is 0. The number of aromatic nitrogens is 3. The Kier molecular flexibility index (Phi) is 6.21. The van der Waals surface area contributed by atoms with Crippen molar-refractivity contribution in [3.05, 3.63) is 71.3 Å². The van der Waals surface area contributed by atoms with Crippen LogP contribution >= 0.6 is 11.8 Å².